The van der Waals surface area contributed by atoms with E-state index in [0.29, 0.717) is 28.8 Å². The Morgan fingerprint density at radius 2 is 1.85 bits per heavy atom. The minimum atomic E-state index is -0.307. The van der Waals surface area contributed by atoms with Crippen LogP contribution in [0.4, 0.5) is 16.2 Å². The first-order valence-electron chi connectivity index (χ1n) is 12.2. The van der Waals surface area contributed by atoms with E-state index in [0.717, 1.165) is 61.8 Å². The lowest BCUT2D eigenvalue weighted by molar-refractivity contribution is 0.374. The van der Waals surface area contributed by atoms with Crippen molar-refractivity contribution in [2.45, 2.75) is 57.5 Å². The van der Waals surface area contributed by atoms with Gasteiger partial charge in [0, 0.05) is 48.4 Å². The van der Waals surface area contributed by atoms with Crippen LogP contribution in [0.5, 0.6) is 0 Å². The number of piperidine rings is 1. The molecular formula is C25H29ClFN7. The molecule has 4 atom stereocenters. The second kappa shape index (κ2) is 8.80. The summed E-state index contributed by atoms with van der Waals surface area (Å²) in [6, 6.07) is 7.22. The van der Waals surface area contributed by atoms with Gasteiger partial charge in [-0.3, -0.25) is 0 Å². The summed E-state index contributed by atoms with van der Waals surface area (Å²) in [5, 5.41) is 8.96. The second-order valence-electron chi connectivity index (χ2n) is 9.96. The SMILES string of the molecule is Cc1cc(N2C[C@H]3CC[C@@H](C2)C3Nc2nc3n(n2)CCCC[C@H]3c2cc(F)cc(Cl)c2)ncn1. The van der Waals surface area contributed by atoms with E-state index in [1.165, 1.54) is 18.9 Å². The molecule has 0 amide bonds. The summed E-state index contributed by atoms with van der Waals surface area (Å²) < 4.78 is 16.1. The summed E-state index contributed by atoms with van der Waals surface area (Å²) in [5.74, 6) is 3.36. The number of anilines is 2. The molecule has 0 radical (unpaired) electrons. The molecule has 3 aliphatic rings. The maximum Gasteiger partial charge on any atom is 0.242 e. The smallest absolute Gasteiger partial charge is 0.242 e. The highest BCUT2D eigenvalue weighted by molar-refractivity contribution is 6.30. The molecule has 2 aromatic heterocycles. The monoisotopic (exact) mass is 481 g/mol. The molecule has 4 heterocycles. The molecular weight excluding hydrogens is 453 g/mol. The molecule has 1 aromatic carbocycles. The first-order chi connectivity index (χ1) is 16.5. The molecule has 7 nitrogen and oxygen atoms in total. The fourth-order valence-electron chi connectivity index (χ4n) is 6.08. The number of benzene rings is 1. The maximum atomic E-state index is 14.1. The second-order valence-corrected chi connectivity index (χ2v) is 10.4. The van der Waals surface area contributed by atoms with E-state index in [2.05, 4.69) is 26.3 Å². The molecule has 1 saturated carbocycles. The molecule has 178 valence electrons. The van der Waals surface area contributed by atoms with Gasteiger partial charge in [-0.25, -0.2) is 19.0 Å². The van der Waals surface area contributed by atoms with Crippen molar-refractivity contribution >= 4 is 23.4 Å². The van der Waals surface area contributed by atoms with Gasteiger partial charge in [0.15, 0.2) is 0 Å². The standard InChI is InChI=1S/C25H29ClFN7/c1-15-8-22(29-14-28-15)33-12-16-5-6-17(13-33)23(16)30-25-31-24-21(4-2-3-7-34(24)32-25)18-9-19(26)11-20(27)10-18/h8-11,14,16-17,21,23H,2-7,12-13H2,1H3,(H,30,32)/t16-,17+,21-,23?/m0/s1. The van der Waals surface area contributed by atoms with Crippen LogP contribution < -0.4 is 10.2 Å². The van der Waals surface area contributed by atoms with Gasteiger partial charge in [0.1, 0.15) is 23.8 Å². The van der Waals surface area contributed by atoms with Gasteiger partial charge >= 0.3 is 0 Å². The minimum Gasteiger partial charge on any atom is -0.356 e. The summed E-state index contributed by atoms with van der Waals surface area (Å²) in [6.45, 7) is 4.79. The molecule has 1 aliphatic carbocycles. The number of halogens is 2. The first-order valence-corrected chi connectivity index (χ1v) is 12.6. The Balaban J connectivity index is 1.22. The number of nitrogens with zero attached hydrogens (tertiary/aromatic N) is 6. The van der Waals surface area contributed by atoms with Gasteiger partial charge in [0.2, 0.25) is 5.95 Å². The van der Waals surface area contributed by atoms with Gasteiger partial charge in [-0.15, -0.1) is 5.10 Å². The van der Waals surface area contributed by atoms with E-state index in [-0.39, 0.29) is 11.7 Å². The maximum absolute atomic E-state index is 14.1. The van der Waals surface area contributed by atoms with E-state index >= 15 is 0 Å². The number of rotatable bonds is 4. The highest BCUT2D eigenvalue weighted by Crippen LogP contribution is 2.40. The molecule has 34 heavy (non-hydrogen) atoms. The summed E-state index contributed by atoms with van der Waals surface area (Å²) in [7, 11) is 0. The van der Waals surface area contributed by atoms with E-state index < -0.39 is 0 Å². The molecule has 9 heteroatoms. The lowest BCUT2D eigenvalue weighted by Gasteiger charge is -2.38. The zero-order valence-electron chi connectivity index (χ0n) is 19.3. The third-order valence-electron chi connectivity index (χ3n) is 7.65. The predicted octanol–water partition coefficient (Wildman–Crippen LogP) is 4.81. The molecule has 6 rings (SSSR count). The Hall–Kier alpha value is -2.74. The highest BCUT2D eigenvalue weighted by atomic mass is 35.5. The Morgan fingerprint density at radius 3 is 2.62 bits per heavy atom. The van der Waals surface area contributed by atoms with Crippen molar-refractivity contribution in [3.05, 3.63) is 58.5 Å². The van der Waals surface area contributed by atoms with Crippen LogP contribution >= 0.6 is 11.6 Å². The van der Waals surface area contributed by atoms with Crippen LogP contribution in [-0.2, 0) is 6.54 Å². The number of hydrogen-bond acceptors (Lipinski definition) is 6. The highest BCUT2D eigenvalue weighted by Gasteiger charge is 2.43. The van der Waals surface area contributed by atoms with Crippen LogP contribution in [0.15, 0.2) is 30.6 Å². The Labute approximate surface area is 203 Å². The molecule has 1 unspecified atom stereocenters. The van der Waals surface area contributed by atoms with Crippen molar-refractivity contribution in [1.29, 1.82) is 0 Å². The van der Waals surface area contributed by atoms with Crippen molar-refractivity contribution in [3.63, 3.8) is 0 Å². The van der Waals surface area contributed by atoms with Crippen LogP contribution in [0.25, 0.3) is 0 Å². The summed E-state index contributed by atoms with van der Waals surface area (Å²) >= 11 is 6.17. The number of fused-ring (bicyclic) bond motifs is 3. The van der Waals surface area contributed by atoms with Gasteiger partial charge in [-0.2, -0.15) is 4.98 Å². The topological polar surface area (TPSA) is 71.8 Å². The van der Waals surface area contributed by atoms with Crippen LogP contribution in [0.2, 0.25) is 5.02 Å². The van der Waals surface area contributed by atoms with Gasteiger partial charge < -0.3 is 10.2 Å². The van der Waals surface area contributed by atoms with Gasteiger partial charge in [0.25, 0.3) is 0 Å². The lowest BCUT2D eigenvalue weighted by atomic mass is 9.92. The van der Waals surface area contributed by atoms with Crippen molar-refractivity contribution in [1.82, 2.24) is 24.7 Å². The molecule has 1 saturated heterocycles. The van der Waals surface area contributed by atoms with E-state index in [1.54, 1.807) is 12.4 Å². The number of nitrogens with one attached hydrogen (secondary N) is 1. The fraction of sp³-hybridized carbons (Fsp3) is 0.520. The Bertz CT molecular complexity index is 1160. The predicted molar refractivity (Wildman–Crippen MR) is 130 cm³/mol. The van der Waals surface area contributed by atoms with E-state index in [9.17, 15) is 4.39 Å². The zero-order chi connectivity index (χ0) is 23.2. The Morgan fingerprint density at radius 1 is 1.03 bits per heavy atom. The molecule has 2 aliphatic heterocycles. The molecule has 2 fully saturated rings. The van der Waals surface area contributed by atoms with Gasteiger partial charge in [0.05, 0.1) is 0 Å². The number of aryl methyl sites for hydroxylation is 2. The first kappa shape index (κ1) is 21.8. The Kier molecular flexibility index (Phi) is 5.63. The van der Waals surface area contributed by atoms with Gasteiger partial charge in [-0.05, 0) is 68.2 Å². The third kappa shape index (κ3) is 4.13. The average Bonchev–Trinajstić information content (AvgIpc) is 3.20. The van der Waals surface area contributed by atoms with Crippen molar-refractivity contribution < 1.29 is 4.39 Å². The minimum absolute atomic E-state index is 0.00155. The van der Waals surface area contributed by atoms with Crippen LogP contribution in [-0.4, -0.2) is 43.9 Å². The zero-order valence-corrected chi connectivity index (χ0v) is 20.0. The fourth-order valence-corrected chi connectivity index (χ4v) is 6.31. The van der Waals surface area contributed by atoms with Crippen LogP contribution in [0.3, 0.4) is 0 Å². The van der Waals surface area contributed by atoms with E-state index in [4.69, 9.17) is 21.7 Å². The average molecular weight is 482 g/mol. The summed E-state index contributed by atoms with van der Waals surface area (Å²) in [5.41, 5.74) is 1.87. The normalized spacial score (nSPS) is 26.3. The van der Waals surface area contributed by atoms with Crippen molar-refractivity contribution in [2.75, 3.05) is 23.3 Å². The third-order valence-corrected chi connectivity index (χ3v) is 7.87. The quantitative estimate of drug-likeness (QED) is 0.576. The summed E-state index contributed by atoms with van der Waals surface area (Å²) in [4.78, 5) is 16.1. The molecule has 1 N–H and O–H groups in total. The lowest BCUT2D eigenvalue weighted by Crippen LogP contribution is -2.48. The van der Waals surface area contributed by atoms with Crippen LogP contribution in [0.1, 0.15) is 55.1 Å². The van der Waals surface area contributed by atoms with E-state index in [1.807, 2.05) is 17.7 Å². The number of aromatic nitrogens is 5. The van der Waals surface area contributed by atoms with Gasteiger partial charge in [-0.1, -0.05) is 18.0 Å². The van der Waals surface area contributed by atoms with Crippen molar-refractivity contribution in [2.24, 2.45) is 11.8 Å². The number of hydrogen-bond donors (Lipinski definition) is 1. The largest absolute Gasteiger partial charge is 0.356 e. The molecule has 0 spiro atoms. The molecule has 2 bridgehead atoms. The van der Waals surface area contributed by atoms with Crippen LogP contribution in [0, 0.1) is 24.6 Å². The van der Waals surface area contributed by atoms with Crippen molar-refractivity contribution in [3.8, 4) is 0 Å². The molecule has 3 aromatic rings. The summed E-state index contributed by atoms with van der Waals surface area (Å²) in [6.07, 6.45) is 7.05.